The Morgan fingerprint density at radius 2 is 0.445 bits per heavy atom. The highest BCUT2D eigenvalue weighted by Crippen LogP contribution is 2.45. The number of esters is 3. The summed E-state index contributed by atoms with van der Waals surface area (Å²) in [7, 11) is -9.82. The third kappa shape index (κ3) is 93.5. The number of phosphoric ester groups is 2. The van der Waals surface area contributed by atoms with Crippen molar-refractivity contribution in [2.45, 2.75) is 411 Å². The lowest BCUT2D eigenvalue weighted by Crippen LogP contribution is -2.30. The number of phosphoric acid groups is 2. The molecule has 0 fully saturated rings. The Kier molecular flexibility index (Phi) is 88.2. The predicted octanol–water partition coefficient (Wildman–Crippen LogP) is 29.4. The molecule has 682 valence electrons. The summed E-state index contributed by atoms with van der Waals surface area (Å²) in [5, 5.41) is 20.7. The monoisotopic (exact) mass is 1700 g/mol. The summed E-state index contributed by atoms with van der Waals surface area (Å²) in [4.78, 5) is 59.0. The first-order chi connectivity index (χ1) is 58.2. The van der Waals surface area contributed by atoms with E-state index in [4.69, 9.17) is 32.3 Å². The van der Waals surface area contributed by atoms with Gasteiger partial charge >= 0.3 is 33.6 Å². The van der Waals surface area contributed by atoms with E-state index in [1.807, 2.05) is 0 Å². The van der Waals surface area contributed by atoms with Gasteiger partial charge in [-0.05, 0) is 154 Å². The topological polar surface area (TPSA) is 231 Å². The minimum Gasteiger partial charge on any atom is -0.463 e. The molecule has 0 heterocycles. The molecule has 4 N–H and O–H groups in total. The first-order valence-corrected chi connectivity index (χ1v) is 50.4. The molecule has 0 aromatic heterocycles. The van der Waals surface area contributed by atoms with Crippen LogP contribution in [0.5, 0.6) is 0 Å². The Hall–Kier alpha value is -5.09. The molecule has 0 spiro atoms. The molecular formula is C101H172O16P2. The molecule has 18 heteroatoms. The Labute approximate surface area is 726 Å². The molecule has 0 radical (unpaired) electrons. The third-order valence-corrected chi connectivity index (χ3v) is 21.8. The molecule has 0 saturated heterocycles. The van der Waals surface area contributed by atoms with Crippen molar-refractivity contribution in [2.75, 3.05) is 39.6 Å². The maximum Gasteiger partial charge on any atom is 0.472 e. The molecular weight excluding hydrogens is 1530 g/mol. The van der Waals surface area contributed by atoms with Crippen molar-refractivity contribution < 1.29 is 75.8 Å². The Bertz CT molecular complexity index is 2840. The van der Waals surface area contributed by atoms with E-state index in [0.717, 1.165) is 154 Å². The second-order valence-electron chi connectivity index (χ2n) is 31.4. The van der Waals surface area contributed by atoms with Crippen LogP contribution in [0.25, 0.3) is 0 Å². The smallest absolute Gasteiger partial charge is 0.463 e. The van der Waals surface area contributed by atoms with E-state index < -0.39 is 91.5 Å². The van der Waals surface area contributed by atoms with Gasteiger partial charge in [-0.25, -0.2) is 9.13 Å². The van der Waals surface area contributed by atoms with Gasteiger partial charge in [0.25, 0.3) is 0 Å². The van der Waals surface area contributed by atoms with Crippen LogP contribution in [0.3, 0.4) is 0 Å². The van der Waals surface area contributed by atoms with E-state index in [-0.39, 0.29) is 19.3 Å². The molecule has 16 nitrogen and oxygen atoms in total. The highest BCUT2D eigenvalue weighted by Gasteiger charge is 2.30. The number of aliphatic hydroxyl groups is 2. The van der Waals surface area contributed by atoms with Crippen LogP contribution in [0.1, 0.15) is 393 Å². The Balaban J connectivity index is 4.50. The van der Waals surface area contributed by atoms with Crippen LogP contribution in [0.4, 0.5) is 0 Å². The molecule has 0 aliphatic rings. The summed E-state index contributed by atoms with van der Waals surface area (Å²) >= 11 is 0. The van der Waals surface area contributed by atoms with Crippen molar-refractivity contribution in [1.82, 2.24) is 0 Å². The number of hydrogen-bond acceptors (Lipinski definition) is 14. The quantitative estimate of drug-likeness (QED) is 0.0146. The third-order valence-electron chi connectivity index (χ3n) is 19.9. The van der Waals surface area contributed by atoms with E-state index in [1.54, 1.807) is 0 Å². The van der Waals surface area contributed by atoms with Gasteiger partial charge in [0.15, 0.2) is 6.10 Å². The van der Waals surface area contributed by atoms with Crippen molar-refractivity contribution in [1.29, 1.82) is 0 Å². The van der Waals surface area contributed by atoms with Crippen LogP contribution in [0.2, 0.25) is 0 Å². The number of allylic oxidation sites excluding steroid dienone is 28. The average molecular weight is 1700 g/mol. The number of ether oxygens (including phenoxy) is 3. The van der Waals surface area contributed by atoms with Gasteiger partial charge in [0, 0.05) is 19.3 Å². The van der Waals surface area contributed by atoms with Gasteiger partial charge in [0.2, 0.25) is 0 Å². The van der Waals surface area contributed by atoms with Crippen LogP contribution >= 0.6 is 15.6 Å². The number of hydrogen-bond donors (Lipinski definition) is 4. The summed E-state index contributed by atoms with van der Waals surface area (Å²) < 4.78 is 61.5. The second-order valence-corrected chi connectivity index (χ2v) is 34.3. The molecule has 0 aromatic rings. The fraction of sp³-hybridized carbons (Fsp3) is 0.693. The maximum atomic E-state index is 13.0. The number of rotatable bonds is 89. The van der Waals surface area contributed by atoms with Gasteiger partial charge in [-0.1, -0.05) is 390 Å². The van der Waals surface area contributed by atoms with Crippen LogP contribution < -0.4 is 0 Å². The molecule has 5 unspecified atom stereocenters. The Morgan fingerprint density at radius 3 is 0.706 bits per heavy atom. The van der Waals surface area contributed by atoms with Crippen LogP contribution in [-0.2, 0) is 55.8 Å². The SMILES string of the molecule is CC/C=C\C/C=C\C/C=C\C/C=C\C/C=C\C/C=C\CCCCCCCCCCCCCCCCC(=O)OCC(O)COP(=O)(O)OCC(O)COP(=O)(O)OCC(COC(=O)CCCCCCCCCCCCCCCCCCC/C=C\C/C=C\C/C=C\C/C=C\CCCCC)OC(=O)CCCCCC/C=C\C/C=C\C/C=C\C/C=C\CC. The van der Waals surface area contributed by atoms with Crippen LogP contribution in [0, 0.1) is 0 Å². The summed E-state index contributed by atoms with van der Waals surface area (Å²) in [6.45, 7) is 2.44. The molecule has 0 bridgehead atoms. The zero-order chi connectivity index (χ0) is 86.5. The number of unbranched alkanes of at least 4 members (excludes halogenated alkanes) is 38. The standard InChI is InChI=1S/C101H172O16P2/c1-4-7-10-13-16-19-22-25-28-31-33-35-37-39-41-43-45-47-49-51-53-55-57-59-61-64-66-69-72-75-78-81-84-87-99(104)111-90-96(102)91-113-118(107,108)114-92-97(103)93-115-119(109,110)116-95-98(117-101(106)89-86-83-80-77-74-71-68-63-30-27-24-21-18-15-12-9-6-3)94-112-100(105)88-85-82-79-76-73-70-67-65-62-60-58-56-54-52-50-48-46-44-42-40-38-36-34-32-29-26-23-20-17-14-11-8-5-2/h7,9-10,12,16-21,25-30,33-36,39-42,45,47,68,71,96-98,102-103H,4-6,8,11,13-15,22-24,31-32,37-38,43-44,46,48-67,69-70,72-95H2,1-3H3,(H,107,108)(H,109,110)/b10-7-,12-9-,19-16-,20-17-,21-18-,28-25-,29-26-,30-27-,35-33-,36-34-,41-39-,42-40-,47-45-,71-68-. The first-order valence-electron chi connectivity index (χ1n) is 47.4. The van der Waals surface area contributed by atoms with Gasteiger partial charge in [0.05, 0.1) is 26.4 Å². The largest absolute Gasteiger partial charge is 0.472 e. The lowest BCUT2D eigenvalue weighted by atomic mass is 10.0. The van der Waals surface area contributed by atoms with Gasteiger partial charge < -0.3 is 34.2 Å². The van der Waals surface area contributed by atoms with Crippen molar-refractivity contribution in [2.24, 2.45) is 0 Å². The normalized spacial score (nSPS) is 14.5. The van der Waals surface area contributed by atoms with E-state index in [0.29, 0.717) is 19.3 Å². The van der Waals surface area contributed by atoms with E-state index >= 15 is 0 Å². The number of carbonyl (C=O) groups excluding carboxylic acids is 3. The van der Waals surface area contributed by atoms with E-state index in [1.165, 1.54) is 180 Å². The number of aliphatic hydroxyl groups excluding tert-OH is 2. The fourth-order valence-corrected chi connectivity index (χ4v) is 14.4. The van der Waals surface area contributed by atoms with Crippen LogP contribution in [0.15, 0.2) is 170 Å². The van der Waals surface area contributed by atoms with Gasteiger partial charge in [-0.3, -0.25) is 32.5 Å². The van der Waals surface area contributed by atoms with E-state index in [2.05, 4.69) is 191 Å². The lowest BCUT2D eigenvalue weighted by Gasteiger charge is -2.21. The summed E-state index contributed by atoms with van der Waals surface area (Å²) in [6, 6.07) is 0. The second kappa shape index (κ2) is 92.1. The molecule has 0 amide bonds. The maximum absolute atomic E-state index is 13.0. The zero-order valence-electron chi connectivity index (χ0n) is 75.2. The fourth-order valence-electron chi connectivity index (χ4n) is 12.8. The molecule has 0 saturated carbocycles. The molecule has 0 aliphatic carbocycles. The Morgan fingerprint density at radius 1 is 0.244 bits per heavy atom. The minimum atomic E-state index is -4.95. The first kappa shape index (κ1) is 114. The predicted molar refractivity (Wildman–Crippen MR) is 500 cm³/mol. The summed E-state index contributed by atoms with van der Waals surface area (Å²) in [5.74, 6) is -1.59. The lowest BCUT2D eigenvalue weighted by molar-refractivity contribution is -0.161. The number of carbonyl (C=O) groups is 3. The highest BCUT2D eigenvalue weighted by molar-refractivity contribution is 7.47. The van der Waals surface area contributed by atoms with Crippen molar-refractivity contribution in [3.05, 3.63) is 170 Å². The van der Waals surface area contributed by atoms with Crippen molar-refractivity contribution >= 4 is 33.6 Å². The molecule has 0 rings (SSSR count). The van der Waals surface area contributed by atoms with Gasteiger partial charge in [-0.15, -0.1) is 0 Å². The van der Waals surface area contributed by atoms with E-state index in [9.17, 15) is 43.5 Å². The molecule has 119 heavy (non-hydrogen) atoms. The zero-order valence-corrected chi connectivity index (χ0v) is 77.0. The minimum absolute atomic E-state index is 0.0744. The summed E-state index contributed by atoms with van der Waals surface area (Å²) in [5.41, 5.74) is 0. The average Bonchev–Trinajstić information content (AvgIpc) is 0.899. The van der Waals surface area contributed by atoms with Gasteiger partial charge in [0.1, 0.15) is 25.4 Å². The highest BCUT2D eigenvalue weighted by atomic mass is 31.2. The molecule has 5 atom stereocenters. The van der Waals surface area contributed by atoms with Crippen LogP contribution in [-0.4, -0.2) is 95.9 Å². The molecule has 0 aliphatic heterocycles. The molecule has 0 aromatic carbocycles. The summed E-state index contributed by atoms with van der Waals surface area (Å²) in [6.07, 6.45) is 120. The van der Waals surface area contributed by atoms with Crippen molar-refractivity contribution in [3.63, 3.8) is 0 Å². The van der Waals surface area contributed by atoms with Crippen molar-refractivity contribution in [3.8, 4) is 0 Å². The van der Waals surface area contributed by atoms with Gasteiger partial charge in [-0.2, -0.15) is 0 Å².